The summed E-state index contributed by atoms with van der Waals surface area (Å²) in [6.45, 7) is 13.0. The number of ether oxygens (including phenoxy) is 2. The van der Waals surface area contributed by atoms with E-state index in [1.165, 1.54) is 0 Å². The maximum absolute atomic E-state index is 12.7. The summed E-state index contributed by atoms with van der Waals surface area (Å²) < 4.78 is 11.5. The van der Waals surface area contributed by atoms with E-state index in [9.17, 15) is 5.11 Å². The van der Waals surface area contributed by atoms with Gasteiger partial charge in [-0.05, 0) is 51.8 Å². The van der Waals surface area contributed by atoms with E-state index in [1.54, 1.807) is 14.2 Å². The minimum Gasteiger partial charge on any atom is -0.496 e. The van der Waals surface area contributed by atoms with Crippen molar-refractivity contribution in [3.8, 4) is 11.5 Å². The van der Waals surface area contributed by atoms with Gasteiger partial charge >= 0.3 is 0 Å². The van der Waals surface area contributed by atoms with Crippen molar-refractivity contribution in [2.75, 3.05) is 14.2 Å². The average Bonchev–Trinajstić information content (AvgIpc) is 2.77. The van der Waals surface area contributed by atoms with Crippen LogP contribution in [0.25, 0.3) is 0 Å². The van der Waals surface area contributed by atoms with Gasteiger partial charge in [0, 0.05) is 11.1 Å². The zero-order valence-electron chi connectivity index (χ0n) is 20.6. The van der Waals surface area contributed by atoms with Gasteiger partial charge in [0.25, 0.3) is 0 Å². The van der Waals surface area contributed by atoms with Gasteiger partial charge in [0.05, 0.1) is 14.2 Å². The van der Waals surface area contributed by atoms with E-state index in [2.05, 4.69) is 65.8 Å². The maximum atomic E-state index is 12.7. The highest BCUT2D eigenvalue weighted by molar-refractivity contribution is 5.58. The van der Waals surface area contributed by atoms with Crippen LogP contribution in [0.5, 0.6) is 11.5 Å². The molecule has 0 aliphatic rings. The van der Waals surface area contributed by atoms with Gasteiger partial charge in [0.15, 0.2) is 0 Å². The number of methoxy groups -OCH3 is 2. The molecule has 0 saturated heterocycles. The minimum atomic E-state index is -1.47. The molecule has 0 saturated carbocycles. The van der Waals surface area contributed by atoms with Crippen molar-refractivity contribution in [1.29, 1.82) is 0 Å². The highest BCUT2D eigenvalue weighted by Crippen LogP contribution is 2.46. The molecule has 3 nitrogen and oxygen atoms in total. The van der Waals surface area contributed by atoms with E-state index in [0.29, 0.717) is 22.6 Å². The molecule has 0 aliphatic carbocycles. The fourth-order valence-electron chi connectivity index (χ4n) is 4.05. The van der Waals surface area contributed by atoms with Crippen molar-refractivity contribution in [3.05, 3.63) is 94.5 Å². The standard InChI is InChI=1S/C29H36O3/c1-27(2,3)21-14-16-25(31-7)23(18-21)29(30,20-12-10-9-11-13-20)24-19-22(28(4,5)6)15-17-26(24)32-8/h9-19,30H,1-8H3. The fraction of sp³-hybridized carbons (Fsp3) is 0.379. The molecule has 0 unspecified atom stereocenters. The van der Waals surface area contributed by atoms with Crippen LogP contribution in [0.3, 0.4) is 0 Å². The van der Waals surface area contributed by atoms with Gasteiger partial charge in [-0.15, -0.1) is 0 Å². The Hall–Kier alpha value is -2.78. The largest absolute Gasteiger partial charge is 0.496 e. The zero-order chi connectivity index (χ0) is 23.7. The van der Waals surface area contributed by atoms with Crippen molar-refractivity contribution in [1.82, 2.24) is 0 Å². The van der Waals surface area contributed by atoms with Crippen LogP contribution >= 0.6 is 0 Å². The van der Waals surface area contributed by atoms with E-state index in [4.69, 9.17) is 9.47 Å². The lowest BCUT2D eigenvalue weighted by molar-refractivity contribution is 0.118. The summed E-state index contributed by atoms with van der Waals surface area (Å²) >= 11 is 0. The Morgan fingerprint density at radius 2 is 0.969 bits per heavy atom. The molecule has 3 aromatic rings. The third-order valence-corrected chi connectivity index (χ3v) is 6.10. The van der Waals surface area contributed by atoms with Crippen LogP contribution in [0.15, 0.2) is 66.7 Å². The van der Waals surface area contributed by atoms with Gasteiger partial charge in [-0.25, -0.2) is 0 Å². The van der Waals surface area contributed by atoms with Gasteiger partial charge < -0.3 is 14.6 Å². The summed E-state index contributed by atoms with van der Waals surface area (Å²) in [4.78, 5) is 0. The van der Waals surface area contributed by atoms with Gasteiger partial charge in [-0.1, -0.05) is 84.0 Å². The summed E-state index contributed by atoms with van der Waals surface area (Å²) in [5.41, 5.74) is 2.74. The van der Waals surface area contributed by atoms with Crippen LogP contribution in [0, 0.1) is 0 Å². The molecular weight excluding hydrogens is 396 g/mol. The van der Waals surface area contributed by atoms with E-state index < -0.39 is 5.60 Å². The Kier molecular flexibility index (Phi) is 6.44. The van der Waals surface area contributed by atoms with Crippen molar-refractivity contribution < 1.29 is 14.6 Å². The topological polar surface area (TPSA) is 38.7 Å². The van der Waals surface area contributed by atoms with Crippen molar-refractivity contribution in [3.63, 3.8) is 0 Å². The molecule has 32 heavy (non-hydrogen) atoms. The van der Waals surface area contributed by atoms with Crippen LogP contribution in [-0.2, 0) is 16.4 Å². The molecule has 0 aromatic heterocycles. The normalized spacial score (nSPS) is 12.5. The third-order valence-electron chi connectivity index (χ3n) is 6.10. The SMILES string of the molecule is COc1ccc(C(C)(C)C)cc1C(O)(c1ccccc1)c1cc(C(C)(C)C)ccc1OC. The summed E-state index contributed by atoms with van der Waals surface area (Å²) in [6, 6.07) is 21.9. The molecule has 3 rings (SSSR count). The van der Waals surface area contributed by atoms with Gasteiger partial charge in [-0.2, -0.15) is 0 Å². The Balaban J connectivity index is 2.45. The Morgan fingerprint density at radius 3 is 1.31 bits per heavy atom. The molecule has 170 valence electrons. The summed E-state index contributed by atoms with van der Waals surface area (Å²) in [5, 5.41) is 12.7. The highest BCUT2D eigenvalue weighted by atomic mass is 16.5. The first-order chi connectivity index (χ1) is 14.9. The first-order valence-electron chi connectivity index (χ1n) is 11.1. The van der Waals surface area contributed by atoms with Gasteiger partial charge in [0.2, 0.25) is 0 Å². The Labute approximate surface area is 193 Å². The monoisotopic (exact) mass is 432 g/mol. The van der Waals surface area contributed by atoms with Crippen LogP contribution in [-0.4, -0.2) is 19.3 Å². The minimum absolute atomic E-state index is 0.0873. The van der Waals surface area contributed by atoms with E-state index in [1.807, 2.05) is 42.5 Å². The molecular formula is C29H36O3. The maximum Gasteiger partial charge on any atom is 0.147 e. The predicted molar refractivity (Wildman–Crippen MR) is 132 cm³/mol. The second-order valence-electron chi connectivity index (χ2n) is 10.4. The van der Waals surface area contributed by atoms with E-state index in [-0.39, 0.29) is 10.8 Å². The van der Waals surface area contributed by atoms with Crippen molar-refractivity contribution >= 4 is 0 Å². The molecule has 0 heterocycles. The molecule has 3 heteroatoms. The average molecular weight is 433 g/mol. The van der Waals surface area contributed by atoms with Gasteiger partial charge in [0.1, 0.15) is 17.1 Å². The molecule has 0 amide bonds. The molecule has 3 aromatic carbocycles. The second-order valence-corrected chi connectivity index (χ2v) is 10.4. The molecule has 1 N–H and O–H groups in total. The number of hydrogen-bond acceptors (Lipinski definition) is 3. The Morgan fingerprint density at radius 1 is 0.562 bits per heavy atom. The number of benzene rings is 3. The lowest BCUT2D eigenvalue weighted by atomic mass is 9.75. The predicted octanol–water partition coefficient (Wildman–Crippen LogP) is 6.58. The summed E-state index contributed by atoms with van der Waals surface area (Å²) in [7, 11) is 3.29. The lowest BCUT2D eigenvalue weighted by Gasteiger charge is -2.35. The number of rotatable bonds is 5. The van der Waals surface area contributed by atoms with Gasteiger partial charge in [-0.3, -0.25) is 0 Å². The number of aliphatic hydroxyl groups is 1. The Bertz CT molecular complexity index is 1000. The first-order valence-corrected chi connectivity index (χ1v) is 11.1. The molecule has 0 radical (unpaired) electrons. The van der Waals surface area contributed by atoms with Crippen molar-refractivity contribution in [2.45, 2.75) is 58.0 Å². The van der Waals surface area contributed by atoms with Crippen LogP contribution in [0.4, 0.5) is 0 Å². The smallest absolute Gasteiger partial charge is 0.147 e. The quantitative estimate of drug-likeness (QED) is 0.463. The lowest BCUT2D eigenvalue weighted by Crippen LogP contribution is -2.31. The highest BCUT2D eigenvalue weighted by Gasteiger charge is 2.40. The van der Waals surface area contributed by atoms with Crippen molar-refractivity contribution in [2.24, 2.45) is 0 Å². The summed E-state index contributed by atoms with van der Waals surface area (Å²) in [5.74, 6) is 1.26. The molecule has 0 spiro atoms. The first kappa shape index (κ1) is 23.9. The van der Waals surface area contributed by atoms with Crippen LogP contribution in [0.1, 0.15) is 69.4 Å². The fourth-order valence-corrected chi connectivity index (χ4v) is 4.05. The molecule has 0 bridgehead atoms. The zero-order valence-corrected chi connectivity index (χ0v) is 20.6. The third kappa shape index (κ3) is 4.40. The van der Waals surface area contributed by atoms with Crippen LogP contribution in [0.2, 0.25) is 0 Å². The summed E-state index contributed by atoms with van der Waals surface area (Å²) in [6.07, 6.45) is 0. The second kappa shape index (κ2) is 8.63. The molecule has 0 fully saturated rings. The molecule has 0 atom stereocenters. The van der Waals surface area contributed by atoms with E-state index in [0.717, 1.165) is 16.7 Å². The number of hydrogen-bond donors (Lipinski definition) is 1. The molecule has 0 aliphatic heterocycles. The van der Waals surface area contributed by atoms with Crippen LogP contribution < -0.4 is 9.47 Å². The van der Waals surface area contributed by atoms with E-state index >= 15 is 0 Å².